The number of hydrogen-bond donors (Lipinski definition) is 2. The number of benzene rings is 4. The summed E-state index contributed by atoms with van der Waals surface area (Å²) in [4.78, 5) is 10.7. The number of aryl methyl sites for hydroxylation is 2. The monoisotopic (exact) mass is 413 g/mol. The molecule has 4 rings (SSSR count). The zero-order chi connectivity index (χ0) is 21.8. The van der Waals surface area contributed by atoms with Crippen LogP contribution in [-0.2, 0) is 17.8 Å². The molecule has 0 bridgehead atoms. The molecule has 0 aromatic heterocycles. The largest absolute Gasteiger partial charge is 0.481 e. The smallest absolute Gasteiger partial charge is 0.303 e. The molecule has 0 amide bonds. The van der Waals surface area contributed by atoms with Gasteiger partial charge in [0.1, 0.15) is 5.82 Å². The van der Waals surface area contributed by atoms with Crippen LogP contribution in [0.4, 0.5) is 10.1 Å². The summed E-state index contributed by atoms with van der Waals surface area (Å²) in [5, 5.41) is 14.5. The van der Waals surface area contributed by atoms with E-state index < -0.39 is 5.97 Å². The topological polar surface area (TPSA) is 49.3 Å². The lowest BCUT2D eigenvalue weighted by atomic mass is 9.93. The Balaban J connectivity index is 1.54. The van der Waals surface area contributed by atoms with Gasteiger partial charge in [-0.1, -0.05) is 60.7 Å². The van der Waals surface area contributed by atoms with Crippen LogP contribution in [0.2, 0.25) is 0 Å². The maximum absolute atomic E-state index is 14.3. The van der Waals surface area contributed by atoms with Gasteiger partial charge in [-0.05, 0) is 70.1 Å². The lowest BCUT2D eigenvalue weighted by Gasteiger charge is -2.13. The minimum absolute atomic E-state index is 0.0793. The molecule has 4 aromatic carbocycles. The Kier molecular flexibility index (Phi) is 5.99. The number of nitrogens with one attached hydrogen (secondary N) is 1. The van der Waals surface area contributed by atoms with Crippen molar-refractivity contribution in [2.24, 2.45) is 0 Å². The first kappa shape index (κ1) is 20.6. The molecule has 4 heteroatoms. The van der Waals surface area contributed by atoms with E-state index in [1.807, 2.05) is 12.1 Å². The van der Waals surface area contributed by atoms with E-state index in [-0.39, 0.29) is 18.7 Å². The number of carbonyl (C=O) groups is 1. The fourth-order valence-electron chi connectivity index (χ4n) is 3.91. The molecule has 0 unspecified atom stereocenters. The van der Waals surface area contributed by atoms with Gasteiger partial charge < -0.3 is 10.4 Å². The first-order valence-electron chi connectivity index (χ1n) is 10.3. The van der Waals surface area contributed by atoms with Crippen LogP contribution in [0, 0.1) is 12.7 Å². The minimum atomic E-state index is -0.928. The van der Waals surface area contributed by atoms with Crippen LogP contribution < -0.4 is 5.32 Å². The summed E-state index contributed by atoms with van der Waals surface area (Å²) in [7, 11) is 0. The van der Waals surface area contributed by atoms with Gasteiger partial charge in [-0.25, -0.2) is 4.39 Å². The maximum atomic E-state index is 14.3. The molecule has 0 saturated carbocycles. The predicted molar refractivity (Wildman–Crippen MR) is 124 cm³/mol. The molecular formula is C27H24FNO2. The summed E-state index contributed by atoms with van der Waals surface area (Å²) in [6.45, 7) is 2.69. The van der Waals surface area contributed by atoms with E-state index in [0.29, 0.717) is 17.8 Å². The summed E-state index contributed by atoms with van der Waals surface area (Å²) in [5.41, 5.74) is 5.80. The lowest BCUT2D eigenvalue weighted by molar-refractivity contribution is -0.136. The van der Waals surface area contributed by atoms with E-state index in [9.17, 15) is 9.18 Å². The highest BCUT2D eigenvalue weighted by atomic mass is 19.1. The van der Waals surface area contributed by atoms with Crippen molar-refractivity contribution in [1.82, 2.24) is 0 Å². The quantitative estimate of drug-likeness (QED) is 0.360. The lowest BCUT2D eigenvalue weighted by Crippen LogP contribution is -2.02. The average Bonchev–Trinajstić information content (AvgIpc) is 2.77. The molecule has 0 heterocycles. The van der Waals surface area contributed by atoms with E-state index in [4.69, 9.17) is 5.11 Å². The van der Waals surface area contributed by atoms with Crippen LogP contribution in [0.3, 0.4) is 0 Å². The van der Waals surface area contributed by atoms with Gasteiger partial charge in [-0.15, -0.1) is 0 Å². The van der Waals surface area contributed by atoms with Gasteiger partial charge in [0.15, 0.2) is 0 Å². The van der Waals surface area contributed by atoms with Crippen molar-refractivity contribution in [2.45, 2.75) is 26.3 Å². The number of carboxylic acid groups (broad SMARTS) is 1. The van der Waals surface area contributed by atoms with E-state index in [0.717, 1.165) is 11.1 Å². The fourth-order valence-corrected chi connectivity index (χ4v) is 3.91. The number of halogens is 1. The van der Waals surface area contributed by atoms with Gasteiger partial charge in [0.05, 0.1) is 0 Å². The molecule has 4 aromatic rings. The minimum Gasteiger partial charge on any atom is -0.481 e. The molecule has 0 spiro atoms. The van der Waals surface area contributed by atoms with Gasteiger partial charge in [0.25, 0.3) is 0 Å². The SMILES string of the molecule is Cc1ccc2ccccc2c1-c1cccc(CNc2ccc(CCC(=O)O)c(F)c2)c1. The number of hydrogen-bond acceptors (Lipinski definition) is 2. The highest BCUT2D eigenvalue weighted by molar-refractivity contribution is 5.98. The van der Waals surface area contributed by atoms with Crippen molar-refractivity contribution in [1.29, 1.82) is 0 Å². The van der Waals surface area contributed by atoms with Crippen LogP contribution in [0.25, 0.3) is 21.9 Å². The number of carboxylic acids is 1. The molecule has 0 aliphatic rings. The number of aliphatic carboxylic acids is 1. The Morgan fingerprint density at radius 1 is 0.968 bits per heavy atom. The molecule has 2 N–H and O–H groups in total. The number of anilines is 1. The zero-order valence-electron chi connectivity index (χ0n) is 17.4. The molecule has 3 nitrogen and oxygen atoms in total. The fraction of sp³-hybridized carbons (Fsp3) is 0.148. The third kappa shape index (κ3) is 4.75. The van der Waals surface area contributed by atoms with Gasteiger partial charge in [0.2, 0.25) is 0 Å². The molecule has 0 saturated heterocycles. The Morgan fingerprint density at radius 3 is 2.61 bits per heavy atom. The standard InChI is InChI=1S/C27H24FNO2/c1-18-9-10-20-6-2-3-8-24(20)27(18)22-7-4-5-19(15-22)17-29-23-13-11-21(25(28)16-23)12-14-26(30)31/h2-11,13,15-16,29H,12,14,17H2,1H3,(H,30,31). The first-order chi connectivity index (χ1) is 15.0. The summed E-state index contributed by atoms with van der Waals surface area (Å²) in [6.07, 6.45) is 0.109. The van der Waals surface area contributed by atoms with Crippen LogP contribution in [0.5, 0.6) is 0 Å². The van der Waals surface area contributed by atoms with Gasteiger partial charge in [0, 0.05) is 18.7 Å². The molecule has 156 valence electrons. The van der Waals surface area contributed by atoms with E-state index in [2.05, 4.69) is 60.8 Å². The average molecular weight is 413 g/mol. The normalized spacial score (nSPS) is 10.9. The first-order valence-corrected chi connectivity index (χ1v) is 10.3. The summed E-state index contributed by atoms with van der Waals surface area (Å²) in [6, 6.07) is 25.9. The molecule has 0 atom stereocenters. The van der Waals surface area contributed by atoms with Crippen molar-refractivity contribution in [3.05, 3.63) is 101 Å². The molecule has 0 aliphatic carbocycles. The number of fused-ring (bicyclic) bond motifs is 1. The van der Waals surface area contributed by atoms with Crippen LogP contribution in [0.1, 0.15) is 23.1 Å². The molecular weight excluding hydrogens is 389 g/mol. The maximum Gasteiger partial charge on any atom is 0.303 e. The highest BCUT2D eigenvalue weighted by Crippen LogP contribution is 2.32. The van der Waals surface area contributed by atoms with Crippen molar-refractivity contribution in [3.8, 4) is 11.1 Å². The Morgan fingerprint density at radius 2 is 1.81 bits per heavy atom. The van der Waals surface area contributed by atoms with Crippen LogP contribution in [0.15, 0.2) is 78.9 Å². The van der Waals surface area contributed by atoms with Crippen LogP contribution in [-0.4, -0.2) is 11.1 Å². The second-order valence-electron chi connectivity index (χ2n) is 7.73. The second-order valence-corrected chi connectivity index (χ2v) is 7.73. The third-order valence-electron chi connectivity index (χ3n) is 5.51. The van der Waals surface area contributed by atoms with Gasteiger partial charge >= 0.3 is 5.97 Å². The summed E-state index contributed by atoms with van der Waals surface area (Å²) < 4.78 is 14.3. The zero-order valence-corrected chi connectivity index (χ0v) is 17.4. The predicted octanol–water partition coefficient (Wildman–Crippen LogP) is 6.58. The third-order valence-corrected chi connectivity index (χ3v) is 5.51. The van der Waals surface area contributed by atoms with E-state index in [1.54, 1.807) is 12.1 Å². The molecule has 31 heavy (non-hydrogen) atoms. The second kappa shape index (κ2) is 9.00. The highest BCUT2D eigenvalue weighted by Gasteiger charge is 2.09. The molecule has 0 radical (unpaired) electrons. The van der Waals surface area contributed by atoms with Crippen LogP contribution >= 0.6 is 0 Å². The molecule has 0 aliphatic heterocycles. The van der Waals surface area contributed by atoms with E-state index in [1.165, 1.54) is 28.0 Å². The Bertz CT molecular complexity index is 1250. The van der Waals surface area contributed by atoms with Crippen molar-refractivity contribution < 1.29 is 14.3 Å². The Hall–Kier alpha value is -3.66. The van der Waals surface area contributed by atoms with Gasteiger partial charge in [-0.2, -0.15) is 0 Å². The van der Waals surface area contributed by atoms with Gasteiger partial charge in [-0.3, -0.25) is 4.79 Å². The van der Waals surface area contributed by atoms with Crippen molar-refractivity contribution in [3.63, 3.8) is 0 Å². The van der Waals surface area contributed by atoms with Crippen molar-refractivity contribution >= 4 is 22.4 Å². The number of rotatable bonds is 7. The van der Waals surface area contributed by atoms with Crippen molar-refractivity contribution in [2.75, 3.05) is 5.32 Å². The summed E-state index contributed by atoms with van der Waals surface area (Å²) in [5.74, 6) is -1.31. The summed E-state index contributed by atoms with van der Waals surface area (Å²) >= 11 is 0. The Labute approximate surface area is 181 Å². The van der Waals surface area contributed by atoms with E-state index >= 15 is 0 Å². The molecule has 0 fully saturated rings.